The molecule has 0 saturated carbocycles. The average molecular weight is 298 g/mol. The number of nitrogens with two attached hydrogens (primary N) is 1. The number of nitrogens with zero attached hydrogens (tertiary/aromatic N) is 2. The van der Waals surface area contributed by atoms with E-state index in [0.29, 0.717) is 23.2 Å². The van der Waals surface area contributed by atoms with Crippen molar-refractivity contribution in [2.45, 2.75) is 30.4 Å². The molecule has 2 aromatic rings. The zero-order valence-corrected chi connectivity index (χ0v) is 12.0. The van der Waals surface area contributed by atoms with Crippen molar-refractivity contribution in [1.29, 1.82) is 0 Å². The van der Waals surface area contributed by atoms with Gasteiger partial charge in [-0.15, -0.1) is 5.10 Å². The molecule has 108 valence electrons. The number of H-pyrrole nitrogens is 1. The van der Waals surface area contributed by atoms with Gasteiger partial charge in [0.2, 0.25) is 0 Å². The van der Waals surface area contributed by atoms with E-state index in [1.54, 1.807) is 6.92 Å². The standard InChI is InChI=1S/C12H15FN4O2S/c1-3-17-11(18)15-16-12(17)20-10-6-9(19-4-2)7(13)5-8(10)14/h5-6H,3-4,14H2,1-2H3,(H,15,18). The number of ether oxygens (including phenoxy) is 1. The summed E-state index contributed by atoms with van der Waals surface area (Å²) in [7, 11) is 0. The van der Waals surface area contributed by atoms with E-state index < -0.39 is 5.82 Å². The largest absolute Gasteiger partial charge is 0.491 e. The summed E-state index contributed by atoms with van der Waals surface area (Å²) in [4.78, 5) is 12.1. The van der Waals surface area contributed by atoms with Crippen molar-refractivity contribution in [3.05, 3.63) is 28.4 Å². The summed E-state index contributed by atoms with van der Waals surface area (Å²) in [6, 6.07) is 2.71. The van der Waals surface area contributed by atoms with Crippen molar-refractivity contribution in [2.24, 2.45) is 0 Å². The molecule has 0 unspecified atom stereocenters. The van der Waals surface area contributed by atoms with Gasteiger partial charge >= 0.3 is 5.69 Å². The highest BCUT2D eigenvalue weighted by molar-refractivity contribution is 7.99. The summed E-state index contributed by atoms with van der Waals surface area (Å²) in [5, 5.41) is 6.76. The fourth-order valence-electron chi connectivity index (χ4n) is 1.66. The molecule has 0 atom stereocenters. The van der Waals surface area contributed by atoms with Crippen LogP contribution in [0.15, 0.2) is 27.0 Å². The van der Waals surface area contributed by atoms with Crippen molar-refractivity contribution in [1.82, 2.24) is 14.8 Å². The smallest absolute Gasteiger partial charge is 0.343 e. The summed E-state index contributed by atoms with van der Waals surface area (Å²) in [6.45, 7) is 4.44. The lowest BCUT2D eigenvalue weighted by molar-refractivity contribution is 0.321. The molecule has 0 aliphatic carbocycles. The number of rotatable bonds is 5. The van der Waals surface area contributed by atoms with Gasteiger partial charge in [-0.1, -0.05) is 0 Å². The van der Waals surface area contributed by atoms with Crippen LogP contribution in [-0.2, 0) is 6.54 Å². The first-order chi connectivity index (χ1) is 9.56. The third-order valence-electron chi connectivity index (χ3n) is 2.60. The van der Waals surface area contributed by atoms with Gasteiger partial charge in [-0.3, -0.25) is 4.57 Å². The fourth-order valence-corrected chi connectivity index (χ4v) is 2.62. The Kier molecular flexibility index (Phi) is 4.33. The van der Waals surface area contributed by atoms with Crippen LogP contribution < -0.4 is 16.2 Å². The molecule has 6 nitrogen and oxygen atoms in total. The second-order valence-electron chi connectivity index (χ2n) is 3.91. The summed E-state index contributed by atoms with van der Waals surface area (Å²) in [5.41, 5.74) is 5.77. The van der Waals surface area contributed by atoms with E-state index in [1.807, 2.05) is 6.92 Å². The maximum Gasteiger partial charge on any atom is 0.343 e. The van der Waals surface area contributed by atoms with Gasteiger partial charge in [0.05, 0.1) is 6.61 Å². The molecule has 3 N–H and O–H groups in total. The summed E-state index contributed by atoms with van der Waals surface area (Å²) in [6.07, 6.45) is 0. The summed E-state index contributed by atoms with van der Waals surface area (Å²) in [5.74, 6) is -0.381. The Hall–Kier alpha value is -1.96. The highest BCUT2D eigenvalue weighted by Crippen LogP contribution is 2.34. The topological polar surface area (TPSA) is 85.9 Å². The van der Waals surface area contributed by atoms with Crippen LogP contribution in [0.25, 0.3) is 0 Å². The molecule has 0 fully saturated rings. The summed E-state index contributed by atoms with van der Waals surface area (Å²) >= 11 is 1.18. The molecule has 20 heavy (non-hydrogen) atoms. The minimum absolute atomic E-state index is 0.130. The molecule has 8 heteroatoms. The quantitative estimate of drug-likeness (QED) is 0.823. The highest BCUT2D eigenvalue weighted by Gasteiger charge is 2.14. The number of hydrogen-bond donors (Lipinski definition) is 2. The lowest BCUT2D eigenvalue weighted by Gasteiger charge is -2.10. The van der Waals surface area contributed by atoms with Crippen molar-refractivity contribution >= 4 is 17.4 Å². The van der Waals surface area contributed by atoms with Crippen LogP contribution in [0.1, 0.15) is 13.8 Å². The van der Waals surface area contributed by atoms with Gasteiger partial charge in [0, 0.05) is 23.2 Å². The SMILES string of the molecule is CCOc1cc(Sc2n[nH]c(=O)n2CC)c(N)cc1F. The van der Waals surface area contributed by atoms with Gasteiger partial charge in [0.25, 0.3) is 0 Å². The second kappa shape index (κ2) is 6.00. The van der Waals surface area contributed by atoms with E-state index in [4.69, 9.17) is 10.5 Å². The summed E-state index contributed by atoms with van der Waals surface area (Å²) < 4.78 is 20.3. The number of nitrogen functional groups attached to an aromatic ring is 1. The van der Waals surface area contributed by atoms with Crippen molar-refractivity contribution in [2.75, 3.05) is 12.3 Å². The minimum Gasteiger partial charge on any atom is -0.491 e. The van der Waals surface area contributed by atoms with Gasteiger partial charge in [-0.2, -0.15) is 0 Å². The van der Waals surface area contributed by atoms with E-state index in [2.05, 4.69) is 10.2 Å². The minimum atomic E-state index is -0.511. The number of nitrogens with one attached hydrogen (secondary N) is 1. The van der Waals surface area contributed by atoms with Crippen LogP contribution in [0.4, 0.5) is 10.1 Å². The molecule has 1 heterocycles. The Morgan fingerprint density at radius 1 is 1.50 bits per heavy atom. The van der Waals surface area contributed by atoms with Crippen molar-refractivity contribution in [3.8, 4) is 5.75 Å². The van der Waals surface area contributed by atoms with E-state index in [0.717, 1.165) is 0 Å². The lowest BCUT2D eigenvalue weighted by atomic mass is 10.3. The molecule has 0 amide bonds. The monoisotopic (exact) mass is 298 g/mol. The van der Waals surface area contributed by atoms with Crippen LogP contribution in [0, 0.1) is 5.82 Å². The number of aromatic nitrogens is 3. The Labute approximate surface area is 119 Å². The zero-order valence-electron chi connectivity index (χ0n) is 11.1. The van der Waals surface area contributed by atoms with Crippen LogP contribution in [0.3, 0.4) is 0 Å². The number of halogens is 1. The maximum atomic E-state index is 13.6. The van der Waals surface area contributed by atoms with Gasteiger partial charge in [0.15, 0.2) is 16.7 Å². The maximum absolute atomic E-state index is 13.6. The molecule has 1 aromatic heterocycles. The Morgan fingerprint density at radius 3 is 2.90 bits per heavy atom. The molecule has 0 aliphatic heterocycles. The molecular weight excluding hydrogens is 283 g/mol. The first-order valence-electron chi connectivity index (χ1n) is 6.11. The third kappa shape index (κ3) is 2.79. The van der Waals surface area contributed by atoms with E-state index in [-0.39, 0.29) is 17.1 Å². The van der Waals surface area contributed by atoms with Gasteiger partial charge < -0.3 is 10.5 Å². The second-order valence-corrected chi connectivity index (χ2v) is 4.92. The Bertz CT molecular complexity index is 668. The van der Waals surface area contributed by atoms with Gasteiger partial charge in [-0.25, -0.2) is 14.3 Å². The normalized spacial score (nSPS) is 10.8. The molecule has 0 bridgehead atoms. The number of anilines is 1. The lowest BCUT2D eigenvalue weighted by Crippen LogP contribution is -2.16. The van der Waals surface area contributed by atoms with Crippen LogP contribution in [0.5, 0.6) is 5.75 Å². The zero-order chi connectivity index (χ0) is 14.7. The first kappa shape index (κ1) is 14.4. The number of benzene rings is 1. The average Bonchev–Trinajstić information content (AvgIpc) is 2.75. The van der Waals surface area contributed by atoms with Gasteiger partial charge in [-0.05, 0) is 31.7 Å². The van der Waals surface area contributed by atoms with Crippen molar-refractivity contribution in [3.63, 3.8) is 0 Å². The molecule has 0 saturated heterocycles. The third-order valence-corrected chi connectivity index (χ3v) is 3.67. The molecular formula is C12H15FN4O2S. The Balaban J connectivity index is 2.37. The fraction of sp³-hybridized carbons (Fsp3) is 0.333. The molecule has 0 aliphatic rings. The number of aromatic amines is 1. The van der Waals surface area contributed by atoms with E-state index >= 15 is 0 Å². The van der Waals surface area contributed by atoms with Crippen molar-refractivity contribution < 1.29 is 9.13 Å². The molecule has 2 rings (SSSR count). The predicted octanol–water partition coefficient (Wildman–Crippen LogP) is 1.86. The van der Waals surface area contributed by atoms with Crippen LogP contribution >= 0.6 is 11.8 Å². The van der Waals surface area contributed by atoms with Gasteiger partial charge in [0.1, 0.15) is 0 Å². The molecule has 1 aromatic carbocycles. The molecule has 0 spiro atoms. The van der Waals surface area contributed by atoms with Crippen LogP contribution in [0.2, 0.25) is 0 Å². The number of hydrogen-bond acceptors (Lipinski definition) is 5. The van der Waals surface area contributed by atoms with E-state index in [1.165, 1.54) is 28.5 Å². The predicted molar refractivity (Wildman–Crippen MR) is 74.6 cm³/mol. The highest BCUT2D eigenvalue weighted by atomic mass is 32.2. The first-order valence-corrected chi connectivity index (χ1v) is 6.93. The van der Waals surface area contributed by atoms with Crippen LogP contribution in [-0.4, -0.2) is 21.4 Å². The molecule has 0 radical (unpaired) electrons. The van der Waals surface area contributed by atoms with E-state index in [9.17, 15) is 9.18 Å². The Morgan fingerprint density at radius 2 is 2.25 bits per heavy atom.